The summed E-state index contributed by atoms with van der Waals surface area (Å²) < 4.78 is 40.2. The number of anilines is 1. The second-order valence-electron chi connectivity index (χ2n) is 4.87. The van der Waals surface area contributed by atoms with E-state index in [2.05, 4.69) is 25.6 Å². The minimum atomic E-state index is -4.71. The zero-order valence-electron chi connectivity index (χ0n) is 12.9. The van der Waals surface area contributed by atoms with E-state index in [0.29, 0.717) is 5.82 Å². The number of ether oxygens (including phenoxy) is 1. The number of nitrogens with zero attached hydrogens (tertiary/aromatic N) is 2. The fourth-order valence-electron chi connectivity index (χ4n) is 1.92. The van der Waals surface area contributed by atoms with Crippen LogP contribution in [-0.2, 0) is 0 Å². The van der Waals surface area contributed by atoms with E-state index in [1.165, 1.54) is 37.4 Å². The number of alkyl halides is 3. The highest BCUT2D eigenvalue weighted by Crippen LogP contribution is 2.25. The molecule has 0 radical (unpaired) electrons. The summed E-state index contributed by atoms with van der Waals surface area (Å²) >= 11 is 0. The van der Waals surface area contributed by atoms with E-state index in [-0.39, 0.29) is 23.4 Å². The lowest BCUT2D eigenvalue weighted by atomic mass is 10.1. The third-order valence-corrected chi connectivity index (χ3v) is 3.10. The molecular weight excluding hydrogens is 325 g/mol. The van der Waals surface area contributed by atoms with Gasteiger partial charge in [0, 0.05) is 7.05 Å². The Hall–Kier alpha value is -2.84. The van der Waals surface area contributed by atoms with Crippen LogP contribution in [0.3, 0.4) is 0 Å². The Bertz CT molecular complexity index is 687. The number of amides is 1. The topological polar surface area (TPSA) is 76.1 Å². The van der Waals surface area contributed by atoms with Crippen LogP contribution in [0, 0.1) is 0 Å². The van der Waals surface area contributed by atoms with Crippen molar-refractivity contribution in [1.29, 1.82) is 0 Å². The van der Waals surface area contributed by atoms with Gasteiger partial charge in [0.1, 0.15) is 11.6 Å². The first-order valence-corrected chi connectivity index (χ1v) is 6.96. The zero-order valence-corrected chi connectivity index (χ0v) is 12.9. The summed E-state index contributed by atoms with van der Waals surface area (Å²) in [6.07, 6.45) is -4.71. The van der Waals surface area contributed by atoms with Crippen molar-refractivity contribution in [1.82, 2.24) is 15.5 Å². The monoisotopic (exact) mass is 340 g/mol. The molecule has 1 amide bonds. The number of halogens is 3. The largest absolute Gasteiger partial charge is 0.573 e. The lowest BCUT2D eigenvalue weighted by Crippen LogP contribution is -2.20. The van der Waals surface area contributed by atoms with Crippen LogP contribution in [0.15, 0.2) is 36.4 Å². The van der Waals surface area contributed by atoms with Crippen molar-refractivity contribution in [2.24, 2.45) is 0 Å². The molecule has 1 aromatic carbocycles. The van der Waals surface area contributed by atoms with E-state index in [9.17, 15) is 18.0 Å². The molecule has 0 aliphatic rings. The average molecular weight is 340 g/mol. The number of nitrogens with one attached hydrogen (secondary N) is 2. The maximum atomic E-state index is 12.1. The van der Waals surface area contributed by atoms with Crippen molar-refractivity contribution in [2.45, 2.75) is 19.3 Å². The van der Waals surface area contributed by atoms with Crippen molar-refractivity contribution in [2.75, 3.05) is 12.4 Å². The molecule has 1 atom stereocenters. The number of benzene rings is 1. The van der Waals surface area contributed by atoms with Crippen LogP contribution in [0.1, 0.15) is 29.0 Å². The van der Waals surface area contributed by atoms with Crippen molar-refractivity contribution in [3.63, 3.8) is 0 Å². The molecule has 0 bridgehead atoms. The van der Waals surface area contributed by atoms with Crippen molar-refractivity contribution in [3.8, 4) is 5.75 Å². The zero-order chi connectivity index (χ0) is 17.7. The van der Waals surface area contributed by atoms with E-state index >= 15 is 0 Å². The van der Waals surface area contributed by atoms with Crippen LogP contribution in [0.4, 0.5) is 19.0 Å². The first-order chi connectivity index (χ1) is 11.3. The summed E-state index contributed by atoms with van der Waals surface area (Å²) in [4.78, 5) is 11.4. The van der Waals surface area contributed by atoms with Gasteiger partial charge in [-0.1, -0.05) is 12.1 Å². The second-order valence-corrected chi connectivity index (χ2v) is 4.87. The minimum absolute atomic E-state index is 0.185. The van der Waals surface area contributed by atoms with Gasteiger partial charge < -0.3 is 15.4 Å². The Labute approximate surface area is 136 Å². The molecule has 0 spiro atoms. The number of hydrogen-bond donors (Lipinski definition) is 2. The molecular formula is C15H15F3N4O2. The summed E-state index contributed by atoms with van der Waals surface area (Å²) in [7, 11) is 1.49. The predicted octanol–water partition coefficient (Wildman–Crippen LogP) is 2.91. The number of carbonyl (C=O) groups excluding carboxylic acids is 1. The highest BCUT2D eigenvalue weighted by molar-refractivity contribution is 5.91. The van der Waals surface area contributed by atoms with Crippen LogP contribution < -0.4 is 15.4 Å². The maximum absolute atomic E-state index is 12.1. The van der Waals surface area contributed by atoms with Crippen LogP contribution >= 0.6 is 0 Å². The quantitative estimate of drug-likeness (QED) is 0.875. The Morgan fingerprint density at radius 3 is 2.29 bits per heavy atom. The summed E-state index contributed by atoms with van der Waals surface area (Å²) in [5.41, 5.74) is 0.922. The first-order valence-electron chi connectivity index (χ1n) is 6.96. The molecule has 1 heterocycles. The molecule has 0 saturated heterocycles. The van der Waals surface area contributed by atoms with Crippen LogP contribution in [0.2, 0.25) is 0 Å². The van der Waals surface area contributed by atoms with E-state index in [1.54, 1.807) is 6.07 Å². The Kier molecular flexibility index (Phi) is 5.22. The average Bonchev–Trinajstić information content (AvgIpc) is 2.54. The molecule has 128 valence electrons. The van der Waals surface area contributed by atoms with E-state index < -0.39 is 6.36 Å². The van der Waals surface area contributed by atoms with Crippen molar-refractivity contribution < 1.29 is 22.7 Å². The van der Waals surface area contributed by atoms with Gasteiger partial charge in [-0.3, -0.25) is 4.79 Å². The molecule has 0 saturated carbocycles. The molecule has 9 heteroatoms. The Morgan fingerprint density at radius 2 is 1.79 bits per heavy atom. The molecule has 0 aliphatic heterocycles. The van der Waals surface area contributed by atoms with Crippen molar-refractivity contribution in [3.05, 3.63) is 47.7 Å². The summed E-state index contributed by atoms with van der Waals surface area (Å²) in [6, 6.07) is 8.39. The molecule has 1 aromatic heterocycles. The molecule has 2 N–H and O–H groups in total. The second kappa shape index (κ2) is 7.16. The number of carbonyl (C=O) groups is 1. The molecule has 2 rings (SSSR count). The van der Waals surface area contributed by atoms with Gasteiger partial charge in [-0.25, -0.2) is 0 Å². The summed E-state index contributed by atoms with van der Waals surface area (Å²) in [5.74, 6) is -0.193. The predicted molar refractivity (Wildman–Crippen MR) is 80.6 cm³/mol. The van der Waals surface area contributed by atoms with Gasteiger partial charge in [-0.15, -0.1) is 23.4 Å². The fourth-order valence-corrected chi connectivity index (χ4v) is 1.92. The third kappa shape index (κ3) is 4.83. The normalized spacial score (nSPS) is 12.4. The minimum Gasteiger partial charge on any atom is -0.406 e. The number of hydrogen-bond acceptors (Lipinski definition) is 5. The number of rotatable bonds is 5. The lowest BCUT2D eigenvalue weighted by molar-refractivity contribution is -0.274. The van der Waals surface area contributed by atoms with E-state index in [4.69, 9.17) is 0 Å². The maximum Gasteiger partial charge on any atom is 0.573 e. The smallest absolute Gasteiger partial charge is 0.406 e. The summed E-state index contributed by atoms with van der Waals surface area (Å²) in [5, 5.41) is 13.1. The van der Waals surface area contributed by atoms with Crippen LogP contribution in [0.5, 0.6) is 5.75 Å². The Balaban J connectivity index is 2.01. The van der Waals surface area contributed by atoms with Crippen LogP contribution in [-0.4, -0.2) is 29.5 Å². The fraction of sp³-hybridized carbons (Fsp3) is 0.267. The van der Waals surface area contributed by atoms with Gasteiger partial charge in [0.05, 0.1) is 6.04 Å². The van der Waals surface area contributed by atoms with Gasteiger partial charge in [-0.2, -0.15) is 0 Å². The molecule has 2 aromatic rings. The molecule has 6 nitrogen and oxygen atoms in total. The highest BCUT2D eigenvalue weighted by Gasteiger charge is 2.31. The lowest BCUT2D eigenvalue weighted by Gasteiger charge is -2.15. The van der Waals surface area contributed by atoms with E-state index in [0.717, 1.165) is 5.56 Å². The SMILES string of the molecule is CNC(=O)c1ccc(N[C@@H](C)c2ccc(OC(F)(F)F)cc2)nn1. The van der Waals surface area contributed by atoms with Crippen molar-refractivity contribution >= 4 is 11.7 Å². The number of aromatic nitrogens is 2. The van der Waals surface area contributed by atoms with Gasteiger partial charge in [0.2, 0.25) is 0 Å². The Morgan fingerprint density at radius 1 is 1.12 bits per heavy atom. The molecule has 0 fully saturated rings. The molecule has 24 heavy (non-hydrogen) atoms. The van der Waals surface area contributed by atoms with Gasteiger partial charge in [0.15, 0.2) is 5.69 Å². The molecule has 0 aliphatic carbocycles. The van der Waals surface area contributed by atoms with Gasteiger partial charge in [-0.05, 0) is 36.8 Å². The van der Waals surface area contributed by atoms with Crippen LogP contribution in [0.25, 0.3) is 0 Å². The standard InChI is InChI=1S/C15H15F3N4O2/c1-9(10-3-5-11(6-4-10)24-15(16,17)18)20-13-8-7-12(21-22-13)14(23)19-2/h3-9H,1-2H3,(H,19,23)(H,20,22)/t9-/m0/s1. The first kappa shape index (κ1) is 17.5. The highest BCUT2D eigenvalue weighted by atomic mass is 19.4. The van der Waals surface area contributed by atoms with Gasteiger partial charge >= 0.3 is 6.36 Å². The third-order valence-electron chi connectivity index (χ3n) is 3.10. The molecule has 0 unspecified atom stereocenters. The van der Waals surface area contributed by atoms with Gasteiger partial charge in [0.25, 0.3) is 5.91 Å². The van der Waals surface area contributed by atoms with E-state index in [1.807, 2.05) is 6.92 Å². The summed E-state index contributed by atoms with van der Waals surface area (Å²) in [6.45, 7) is 1.81.